The Kier molecular flexibility index (Phi) is 7.01. The summed E-state index contributed by atoms with van der Waals surface area (Å²) in [7, 11) is 3.07. The van der Waals surface area contributed by atoms with Crippen LogP contribution in [0.15, 0.2) is 59.4 Å². The van der Waals surface area contributed by atoms with E-state index in [0.717, 1.165) is 5.56 Å². The van der Waals surface area contributed by atoms with E-state index in [9.17, 15) is 9.59 Å². The number of carbonyl (C=O) groups is 1. The number of rotatable bonds is 8. The Hall–Kier alpha value is -4.12. The van der Waals surface area contributed by atoms with Crippen LogP contribution in [0.5, 0.6) is 11.5 Å². The van der Waals surface area contributed by atoms with E-state index in [0.29, 0.717) is 34.9 Å². The van der Waals surface area contributed by atoms with Crippen LogP contribution in [-0.4, -0.2) is 29.9 Å². The second-order valence-electron chi connectivity index (χ2n) is 6.70. The van der Waals surface area contributed by atoms with Gasteiger partial charge in [0.25, 0.3) is 5.56 Å². The molecular formula is C23H22N4O4. The van der Waals surface area contributed by atoms with Crippen molar-refractivity contribution in [2.24, 2.45) is 0 Å². The lowest BCUT2D eigenvalue weighted by Crippen LogP contribution is -2.24. The number of methoxy groups -OCH3 is 2. The van der Waals surface area contributed by atoms with Crippen LogP contribution in [-0.2, 0) is 11.3 Å². The number of nitrogens with zero attached hydrogens (tertiary/aromatic N) is 3. The molecule has 0 saturated heterocycles. The SMILES string of the molecule is COc1ccc(-c2nn(CCCC(=O)Nc3cccc(C#N)c3)c(=O)cc2OC)cc1. The zero-order valence-corrected chi connectivity index (χ0v) is 17.3. The quantitative estimate of drug-likeness (QED) is 0.602. The monoisotopic (exact) mass is 418 g/mol. The Labute approximate surface area is 179 Å². The molecule has 1 N–H and O–H groups in total. The van der Waals surface area contributed by atoms with E-state index in [1.165, 1.54) is 17.9 Å². The topological polar surface area (TPSA) is 106 Å². The fourth-order valence-corrected chi connectivity index (χ4v) is 3.02. The third kappa shape index (κ3) is 5.48. The average molecular weight is 418 g/mol. The molecule has 0 radical (unpaired) electrons. The smallest absolute Gasteiger partial charge is 0.270 e. The molecule has 0 aliphatic rings. The summed E-state index contributed by atoms with van der Waals surface area (Å²) < 4.78 is 11.8. The maximum atomic E-state index is 12.4. The van der Waals surface area contributed by atoms with Crippen LogP contribution >= 0.6 is 0 Å². The highest BCUT2D eigenvalue weighted by Gasteiger charge is 2.13. The fraction of sp³-hybridized carbons (Fsp3) is 0.217. The molecule has 0 saturated carbocycles. The molecular weight excluding hydrogens is 396 g/mol. The first-order valence-corrected chi connectivity index (χ1v) is 9.64. The van der Waals surface area contributed by atoms with Gasteiger partial charge >= 0.3 is 0 Å². The van der Waals surface area contributed by atoms with E-state index >= 15 is 0 Å². The predicted octanol–water partition coefficient (Wildman–Crippen LogP) is 3.22. The molecule has 0 spiro atoms. The van der Waals surface area contributed by atoms with Gasteiger partial charge < -0.3 is 14.8 Å². The van der Waals surface area contributed by atoms with Crippen LogP contribution in [0, 0.1) is 11.3 Å². The molecule has 2 aromatic carbocycles. The lowest BCUT2D eigenvalue weighted by molar-refractivity contribution is -0.116. The second kappa shape index (κ2) is 10.1. The van der Waals surface area contributed by atoms with Crippen molar-refractivity contribution in [2.45, 2.75) is 19.4 Å². The number of ether oxygens (including phenoxy) is 2. The van der Waals surface area contributed by atoms with Crippen molar-refractivity contribution in [1.29, 1.82) is 5.26 Å². The summed E-state index contributed by atoms with van der Waals surface area (Å²) in [5.74, 6) is 0.885. The van der Waals surface area contributed by atoms with E-state index in [-0.39, 0.29) is 24.4 Å². The third-order valence-corrected chi connectivity index (χ3v) is 4.60. The van der Waals surface area contributed by atoms with Crippen molar-refractivity contribution in [1.82, 2.24) is 9.78 Å². The predicted molar refractivity (Wildman–Crippen MR) is 116 cm³/mol. The van der Waals surface area contributed by atoms with Gasteiger partial charge in [0.2, 0.25) is 5.91 Å². The molecule has 158 valence electrons. The van der Waals surface area contributed by atoms with Crippen LogP contribution in [0.25, 0.3) is 11.3 Å². The summed E-state index contributed by atoms with van der Waals surface area (Å²) in [5, 5.41) is 16.1. The van der Waals surface area contributed by atoms with Gasteiger partial charge in [-0.3, -0.25) is 9.59 Å². The highest BCUT2D eigenvalue weighted by Crippen LogP contribution is 2.27. The van der Waals surface area contributed by atoms with Crippen molar-refractivity contribution in [2.75, 3.05) is 19.5 Å². The number of benzene rings is 2. The first-order chi connectivity index (χ1) is 15.0. The molecule has 0 aliphatic carbocycles. The summed E-state index contributed by atoms with van der Waals surface area (Å²) in [6.07, 6.45) is 0.625. The minimum Gasteiger partial charge on any atom is -0.497 e. The first-order valence-electron chi connectivity index (χ1n) is 9.64. The number of nitriles is 1. The Bertz CT molecular complexity index is 1160. The van der Waals surface area contributed by atoms with Crippen LogP contribution in [0.2, 0.25) is 0 Å². The van der Waals surface area contributed by atoms with Crippen molar-refractivity contribution >= 4 is 11.6 Å². The number of hydrogen-bond acceptors (Lipinski definition) is 6. The van der Waals surface area contributed by atoms with Crippen LogP contribution in [0.1, 0.15) is 18.4 Å². The molecule has 3 aromatic rings. The van der Waals surface area contributed by atoms with Crippen LogP contribution in [0.4, 0.5) is 5.69 Å². The van der Waals surface area contributed by atoms with E-state index in [1.54, 1.807) is 43.5 Å². The second-order valence-corrected chi connectivity index (χ2v) is 6.70. The zero-order valence-electron chi connectivity index (χ0n) is 17.3. The molecule has 31 heavy (non-hydrogen) atoms. The van der Waals surface area contributed by atoms with Crippen molar-refractivity contribution in [3.8, 4) is 28.8 Å². The number of hydrogen-bond donors (Lipinski definition) is 1. The number of aromatic nitrogens is 2. The largest absolute Gasteiger partial charge is 0.497 e. The van der Waals surface area contributed by atoms with Gasteiger partial charge in [-0.15, -0.1) is 0 Å². The van der Waals surface area contributed by atoms with E-state index in [1.807, 2.05) is 18.2 Å². The fourth-order valence-electron chi connectivity index (χ4n) is 3.02. The van der Waals surface area contributed by atoms with Crippen molar-refractivity contribution in [3.05, 3.63) is 70.5 Å². The highest BCUT2D eigenvalue weighted by molar-refractivity contribution is 5.90. The Balaban J connectivity index is 1.69. The molecule has 3 rings (SSSR count). The van der Waals surface area contributed by atoms with E-state index in [4.69, 9.17) is 14.7 Å². The summed E-state index contributed by atoms with van der Waals surface area (Å²) in [6.45, 7) is 0.275. The summed E-state index contributed by atoms with van der Waals surface area (Å²) >= 11 is 0. The van der Waals surface area contributed by atoms with Gasteiger partial charge in [0.1, 0.15) is 11.4 Å². The van der Waals surface area contributed by atoms with Gasteiger partial charge in [-0.25, -0.2) is 4.68 Å². The summed E-state index contributed by atoms with van der Waals surface area (Å²) in [6, 6.07) is 17.4. The maximum absolute atomic E-state index is 12.4. The van der Waals surface area contributed by atoms with E-state index in [2.05, 4.69) is 10.4 Å². The Morgan fingerprint density at radius 3 is 2.58 bits per heavy atom. The number of nitrogens with one attached hydrogen (secondary N) is 1. The number of anilines is 1. The minimum atomic E-state index is -0.309. The first kappa shape index (κ1) is 21.6. The number of amides is 1. The molecule has 0 atom stereocenters. The molecule has 1 heterocycles. The van der Waals surface area contributed by atoms with Gasteiger partial charge in [0, 0.05) is 30.3 Å². The summed E-state index contributed by atoms with van der Waals surface area (Å²) in [4.78, 5) is 24.6. The standard InChI is InChI=1S/C23H22N4O4/c1-30-19-10-8-17(9-11-19)23-20(31-2)14-22(29)27(26-23)12-4-7-21(28)25-18-6-3-5-16(13-18)15-24/h3,5-6,8-11,13-14H,4,7,12H2,1-2H3,(H,25,28). The lowest BCUT2D eigenvalue weighted by Gasteiger charge is -2.12. The van der Waals surface area contributed by atoms with Gasteiger partial charge in [0.05, 0.1) is 25.9 Å². The van der Waals surface area contributed by atoms with Crippen molar-refractivity contribution in [3.63, 3.8) is 0 Å². The molecule has 0 unspecified atom stereocenters. The normalized spacial score (nSPS) is 10.2. The number of carbonyl (C=O) groups excluding carboxylic acids is 1. The summed E-state index contributed by atoms with van der Waals surface area (Å²) in [5.41, 5.74) is 2.03. The molecule has 8 nitrogen and oxygen atoms in total. The molecule has 8 heteroatoms. The Morgan fingerprint density at radius 1 is 1.13 bits per heavy atom. The molecule has 0 fully saturated rings. The average Bonchev–Trinajstić information content (AvgIpc) is 2.80. The van der Waals surface area contributed by atoms with Crippen LogP contribution in [0.3, 0.4) is 0 Å². The van der Waals surface area contributed by atoms with Gasteiger partial charge in [0.15, 0.2) is 5.75 Å². The molecule has 0 bridgehead atoms. The third-order valence-electron chi connectivity index (χ3n) is 4.60. The van der Waals surface area contributed by atoms with Crippen molar-refractivity contribution < 1.29 is 14.3 Å². The van der Waals surface area contributed by atoms with Crippen LogP contribution < -0.4 is 20.3 Å². The highest BCUT2D eigenvalue weighted by atomic mass is 16.5. The zero-order chi connectivity index (χ0) is 22.2. The Morgan fingerprint density at radius 2 is 1.90 bits per heavy atom. The van der Waals surface area contributed by atoms with Gasteiger partial charge in [-0.1, -0.05) is 6.07 Å². The van der Waals surface area contributed by atoms with E-state index < -0.39 is 0 Å². The minimum absolute atomic E-state index is 0.202. The molecule has 1 aromatic heterocycles. The van der Waals surface area contributed by atoms with Gasteiger partial charge in [-0.05, 0) is 48.9 Å². The number of aryl methyl sites for hydroxylation is 1. The molecule has 1 amide bonds. The molecule has 0 aliphatic heterocycles. The lowest BCUT2D eigenvalue weighted by atomic mass is 10.1. The maximum Gasteiger partial charge on any atom is 0.270 e. The van der Waals surface area contributed by atoms with Gasteiger partial charge in [-0.2, -0.15) is 10.4 Å².